The molecular weight excluding hydrogens is 186 g/mol. The van der Waals surface area contributed by atoms with Crippen LogP contribution in [0.4, 0.5) is 0 Å². The van der Waals surface area contributed by atoms with E-state index in [1.807, 2.05) is 12.5 Å². The highest BCUT2D eigenvalue weighted by Crippen LogP contribution is 2.17. The van der Waals surface area contributed by atoms with Crippen molar-refractivity contribution in [2.24, 2.45) is 5.41 Å². The van der Waals surface area contributed by atoms with Crippen molar-refractivity contribution < 1.29 is 0 Å². The van der Waals surface area contributed by atoms with Crippen molar-refractivity contribution in [3.63, 3.8) is 0 Å². The molecule has 1 N–H and O–H groups in total. The van der Waals surface area contributed by atoms with Gasteiger partial charge in [-0.25, -0.2) is 4.98 Å². The Morgan fingerprint density at radius 2 is 2.13 bits per heavy atom. The third kappa shape index (κ3) is 3.67. The fourth-order valence-corrected chi connectivity index (χ4v) is 1.43. The lowest BCUT2D eigenvalue weighted by molar-refractivity contribution is 0.326. The van der Waals surface area contributed by atoms with E-state index in [2.05, 4.69) is 42.6 Å². The molecule has 0 spiro atoms. The standard InChI is InChI=1S/C12H23N3/c1-5-12(3,4)9-13-7-11-8-14-10-15(11)6-2/h8,10,13H,5-7,9H2,1-4H3. The van der Waals surface area contributed by atoms with Crippen LogP contribution in [0, 0.1) is 5.41 Å². The summed E-state index contributed by atoms with van der Waals surface area (Å²) >= 11 is 0. The second-order valence-corrected chi connectivity index (χ2v) is 4.79. The molecule has 0 amide bonds. The SMILES string of the molecule is CCn1cncc1CNCC(C)(C)CC. The summed E-state index contributed by atoms with van der Waals surface area (Å²) in [6.45, 7) is 11.9. The third-order valence-electron chi connectivity index (χ3n) is 3.01. The first-order valence-electron chi connectivity index (χ1n) is 5.79. The molecule has 1 aromatic heterocycles. The van der Waals surface area contributed by atoms with E-state index in [1.54, 1.807) is 0 Å². The van der Waals surface area contributed by atoms with Crippen LogP contribution in [0.1, 0.15) is 39.8 Å². The lowest BCUT2D eigenvalue weighted by atomic mass is 9.90. The molecule has 0 atom stereocenters. The number of rotatable bonds is 6. The minimum Gasteiger partial charge on any atom is -0.334 e. The van der Waals surface area contributed by atoms with Gasteiger partial charge in [0.2, 0.25) is 0 Å². The van der Waals surface area contributed by atoms with Crippen LogP contribution >= 0.6 is 0 Å². The molecule has 0 bridgehead atoms. The van der Waals surface area contributed by atoms with Crippen LogP contribution < -0.4 is 5.32 Å². The molecule has 0 aliphatic rings. The molecule has 0 aliphatic heterocycles. The number of imidazole rings is 1. The van der Waals surface area contributed by atoms with Gasteiger partial charge in [0.05, 0.1) is 12.0 Å². The van der Waals surface area contributed by atoms with Crippen LogP contribution in [0.5, 0.6) is 0 Å². The first-order chi connectivity index (χ1) is 7.09. The Kier molecular flexibility index (Phi) is 4.33. The first kappa shape index (κ1) is 12.2. The Balaban J connectivity index is 2.38. The Hall–Kier alpha value is -0.830. The maximum absolute atomic E-state index is 4.15. The van der Waals surface area contributed by atoms with Gasteiger partial charge in [-0.15, -0.1) is 0 Å². The molecule has 0 radical (unpaired) electrons. The van der Waals surface area contributed by atoms with E-state index in [0.717, 1.165) is 19.6 Å². The van der Waals surface area contributed by atoms with Gasteiger partial charge >= 0.3 is 0 Å². The monoisotopic (exact) mass is 209 g/mol. The van der Waals surface area contributed by atoms with Gasteiger partial charge in [-0.05, 0) is 18.8 Å². The highest BCUT2D eigenvalue weighted by molar-refractivity contribution is 4.97. The zero-order chi connectivity index (χ0) is 11.3. The minimum atomic E-state index is 0.386. The van der Waals surface area contributed by atoms with Crippen molar-refractivity contribution in [1.29, 1.82) is 0 Å². The van der Waals surface area contributed by atoms with Gasteiger partial charge in [0, 0.05) is 25.8 Å². The molecule has 3 heteroatoms. The predicted octanol–water partition coefficient (Wildman–Crippen LogP) is 2.43. The maximum Gasteiger partial charge on any atom is 0.0948 e. The van der Waals surface area contributed by atoms with Crippen LogP contribution in [0.3, 0.4) is 0 Å². The summed E-state index contributed by atoms with van der Waals surface area (Å²) in [5, 5.41) is 3.49. The van der Waals surface area contributed by atoms with Crippen LogP contribution in [0.15, 0.2) is 12.5 Å². The van der Waals surface area contributed by atoms with E-state index >= 15 is 0 Å². The normalized spacial score (nSPS) is 12.0. The quantitative estimate of drug-likeness (QED) is 0.780. The van der Waals surface area contributed by atoms with Crippen LogP contribution in [0.2, 0.25) is 0 Å². The molecule has 1 aromatic rings. The Bertz CT molecular complexity index is 289. The van der Waals surface area contributed by atoms with Crippen molar-refractivity contribution in [3.05, 3.63) is 18.2 Å². The summed E-state index contributed by atoms with van der Waals surface area (Å²) in [7, 11) is 0. The molecule has 1 rings (SSSR count). The zero-order valence-corrected chi connectivity index (χ0v) is 10.4. The first-order valence-corrected chi connectivity index (χ1v) is 5.79. The molecule has 15 heavy (non-hydrogen) atoms. The van der Waals surface area contributed by atoms with Crippen molar-refractivity contribution >= 4 is 0 Å². The summed E-state index contributed by atoms with van der Waals surface area (Å²) in [6.07, 6.45) is 5.03. The number of aryl methyl sites for hydroxylation is 1. The molecule has 0 saturated carbocycles. The molecule has 0 aromatic carbocycles. The molecule has 0 saturated heterocycles. The van der Waals surface area contributed by atoms with Crippen LogP contribution in [-0.4, -0.2) is 16.1 Å². The molecule has 0 fully saturated rings. The van der Waals surface area contributed by atoms with E-state index in [4.69, 9.17) is 0 Å². The molecular formula is C12H23N3. The highest BCUT2D eigenvalue weighted by atomic mass is 15.1. The third-order valence-corrected chi connectivity index (χ3v) is 3.01. The van der Waals surface area contributed by atoms with E-state index in [1.165, 1.54) is 12.1 Å². The summed E-state index contributed by atoms with van der Waals surface area (Å²) in [4.78, 5) is 4.15. The van der Waals surface area contributed by atoms with Gasteiger partial charge in [0.15, 0.2) is 0 Å². The van der Waals surface area contributed by atoms with Gasteiger partial charge in [0.1, 0.15) is 0 Å². The number of nitrogens with zero attached hydrogens (tertiary/aromatic N) is 2. The average molecular weight is 209 g/mol. The molecule has 86 valence electrons. The topological polar surface area (TPSA) is 29.9 Å². The minimum absolute atomic E-state index is 0.386. The predicted molar refractivity (Wildman–Crippen MR) is 63.7 cm³/mol. The maximum atomic E-state index is 4.15. The summed E-state index contributed by atoms with van der Waals surface area (Å²) in [6, 6.07) is 0. The number of hydrogen-bond donors (Lipinski definition) is 1. The fraction of sp³-hybridized carbons (Fsp3) is 0.750. The molecule has 0 aliphatic carbocycles. The fourth-order valence-electron chi connectivity index (χ4n) is 1.43. The van der Waals surface area contributed by atoms with Crippen molar-refractivity contribution in [2.75, 3.05) is 6.54 Å². The van der Waals surface area contributed by atoms with E-state index in [9.17, 15) is 0 Å². The summed E-state index contributed by atoms with van der Waals surface area (Å²) in [5.41, 5.74) is 1.65. The molecule has 0 unspecified atom stereocenters. The summed E-state index contributed by atoms with van der Waals surface area (Å²) < 4.78 is 2.17. The smallest absolute Gasteiger partial charge is 0.0948 e. The molecule has 3 nitrogen and oxygen atoms in total. The van der Waals surface area contributed by atoms with Gasteiger partial charge in [-0.3, -0.25) is 0 Å². The van der Waals surface area contributed by atoms with Gasteiger partial charge in [-0.2, -0.15) is 0 Å². The largest absolute Gasteiger partial charge is 0.334 e. The number of aromatic nitrogens is 2. The Morgan fingerprint density at radius 3 is 2.73 bits per heavy atom. The summed E-state index contributed by atoms with van der Waals surface area (Å²) in [5.74, 6) is 0. The van der Waals surface area contributed by atoms with Crippen molar-refractivity contribution in [1.82, 2.24) is 14.9 Å². The lowest BCUT2D eigenvalue weighted by Crippen LogP contribution is -2.29. The molecule has 1 heterocycles. The van der Waals surface area contributed by atoms with Crippen molar-refractivity contribution in [2.45, 2.75) is 47.2 Å². The van der Waals surface area contributed by atoms with Gasteiger partial charge in [0.25, 0.3) is 0 Å². The van der Waals surface area contributed by atoms with Crippen LogP contribution in [0.25, 0.3) is 0 Å². The zero-order valence-electron chi connectivity index (χ0n) is 10.4. The average Bonchev–Trinajstić information content (AvgIpc) is 2.65. The van der Waals surface area contributed by atoms with E-state index in [0.29, 0.717) is 5.41 Å². The van der Waals surface area contributed by atoms with Gasteiger partial charge < -0.3 is 9.88 Å². The van der Waals surface area contributed by atoms with E-state index < -0.39 is 0 Å². The number of hydrogen-bond acceptors (Lipinski definition) is 2. The second-order valence-electron chi connectivity index (χ2n) is 4.79. The van der Waals surface area contributed by atoms with Gasteiger partial charge in [-0.1, -0.05) is 20.8 Å². The van der Waals surface area contributed by atoms with Crippen LogP contribution in [-0.2, 0) is 13.1 Å². The van der Waals surface area contributed by atoms with E-state index in [-0.39, 0.29) is 0 Å². The second kappa shape index (κ2) is 5.31. The van der Waals surface area contributed by atoms with Crippen molar-refractivity contribution in [3.8, 4) is 0 Å². The highest BCUT2D eigenvalue weighted by Gasteiger charge is 2.14. The Morgan fingerprint density at radius 1 is 1.40 bits per heavy atom. The number of nitrogens with one attached hydrogen (secondary N) is 1. The lowest BCUT2D eigenvalue weighted by Gasteiger charge is -2.23. The Labute approximate surface area is 92.9 Å².